The third-order valence-corrected chi connectivity index (χ3v) is 2.30. The van der Waals surface area contributed by atoms with Crippen molar-refractivity contribution < 1.29 is 0 Å². The maximum Gasteiger partial charge on any atom is 0.00390 e. The number of rotatable bonds is 1. The van der Waals surface area contributed by atoms with E-state index in [-0.39, 0.29) is 0 Å². The van der Waals surface area contributed by atoms with E-state index in [1.807, 2.05) is 0 Å². The van der Waals surface area contributed by atoms with Crippen LogP contribution in [0.1, 0.15) is 27.2 Å². The van der Waals surface area contributed by atoms with Crippen LogP contribution in [-0.4, -0.2) is 0 Å². The second kappa shape index (κ2) is 3.08. The van der Waals surface area contributed by atoms with Gasteiger partial charge in [0, 0.05) is 5.92 Å². The van der Waals surface area contributed by atoms with Crippen molar-refractivity contribution in [3.05, 3.63) is 35.5 Å². The second-order valence-corrected chi connectivity index (χ2v) is 3.53. The largest absolute Gasteiger partial charge is 0.0995 e. The molecular formula is C11H16. The van der Waals surface area contributed by atoms with Crippen LogP contribution in [0.2, 0.25) is 0 Å². The van der Waals surface area contributed by atoms with Crippen LogP contribution in [0.5, 0.6) is 0 Å². The minimum absolute atomic E-state index is 0.597. The molecule has 0 aliphatic heterocycles. The lowest BCUT2D eigenvalue weighted by molar-refractivity contribution is 0.693. The minimum Gasteiger partial charge on any atom is -0.0995 e. The van der Waals surface area contributed by atoms with Crippen LogP contribution in [0.15, 0.2) is 35.5 Å². The van der Waals surface area contributed by atoms with Gasteiger partial charge in [0.05, 0.1) is 0 Å². The van der Waals surface area contributed by atoms with Crippen molar-refractivity contribution in [2.75, 3.05) is 0 Å². The Balaban J connectivity index is 2.81. The van der Waals surface area contributed by atoms with Crippen molar-refractivity contribution in [1.82, 2.24) is 0 Å². The zero-order valence-corrected chi connectivity index (χ0v) is 7.65. The summed E-state index contributed by atoms with van der Waals surface area (Å²) < 4.78 is 0. The molecule has 1 aliphatic rings. The summed E-state index contributed by atoms with van der Waals surface area (Å²) in [5.74, 6) is 0.597. The Hall–Kier alpha value is -0.780. The van der Waals surface area contributed by atoms with Gasteiger partial charge in [-0.05, 0) is 27.2 Å². The molecular weight excluding hydrogens is 132 g/mol. The molecule has 0 aromatic heterocycles. The zero-order valence-electron chi connectivity index (χ0n) is 7.65. The third-order valence-electron chi connectivity index (χ3n) is 2.30. The summed E-state index contributed by atoms with van der Waals surface area (Å²) >= 11 is 0. The topological polar surface area (TPSA) is 0 Å². The molecule has 0 saturated carbocycles. The van der Waals surface area contributed by atoms with Gasteiger partial charge in [-0.3, -0.25) is 0 Å². The van der Waals surface area contributed by atoms with Gasteiger partial charge in [0.2, 0.25) is 0 Å². The van der Waals surface area contributed by atoms with E-state index >= 15 is 0 Å². The fourth-order valence-electron chi connectivity index (χ4n) is 1.50. The van der Waals surface area contributed by atoms with Crippen molar-refractivity contribution in [2.45, 2.75) is 27.2 Å². The maximum absolute atomic E-state index is 4.00. The van der Waals surface area contributed by atoms with Gasteiger partial charge in [-0.15, -0.1) is 0 Å². The molecule has 0 spiro atoms. The molecule has 0 fully saturated rings. The number of allylic oxidation sites excluding steroid dienone is 5. The SMILES string of the molecule is C=C(C)C1CC(C)=CC=C1C. The lowest BCUT2D eigenvalue weighted by Crippen LogP contribution is -2.06. The molecule has 1 unspecified atom stereocenters. The average Bonchev–Trinajstić information content (AvgIpc) is 1.94. The van der Waals surface area contributed by atoms with Gasteiger partial charge >= 0.3 is 0 Å². The van der Waals surface area contributed by atoms with Crippen LogP contribution in [0, 0.1) is 5.92 Å². The van der Waals surface area contributed by atoms with Gasteiger partial charge < -0.3 is 0 Å². The normalized spacial score (nSPS) is 24.1. The first-order valence-electron chi connectivity index (χ1n) is 4.10. The molecule has 11 heavy (non-hydrogen) atoms. The molecule has 0 nitrogen and oxygen atoms in total. The molecule has 60 valence electrons. The van der Waals surface area contributed by atoms with Gasteiger partial charge in [-0.1, -0.05) is 35.5 Å². The van der Waals surface area contributed by atoms with E-state index in [0.29, 0.717) is 5.92 Å². The lowest BCUT2D eigenvalue weighted by atomic mass is 9.84. The van der Waals surface area contributed by atoms with E-state index in [0.717, 1.165) is 6.42 Å². The Morgan fingerprint density at radius 2 is 2.09 bits per heavy atom. The first-order valence-corrected chi connectivity index (χ1v) is 4.10. The summed E-state index contributed by atoms with van der Waals surface area (Å²) in [5.41, 5.74) is 4.19. The van der Waals surface area contributed by atoms with E-state index in [1.165, 1.54) is 16.7 Å². The van der Waals surface area contributed by atoms with Crippen molar-refractivity contribution in [2.24, 2.45) is 5.92 Å². The Morgan fingerprint density at radius 1 is 1.45 bits per heavy atom. The highest BCUT2D eigenvalue weighted by molar-refractivity contribution is 5.29. The number of hydrogen-bond acceptors (Lipinski definition) is 0. The molecule has 0 radical (unpaired) electrons. The van der Waals surface area contributed by atoms with Crippen LogP contribution in [0.25, 0.3) is 0 Å². The molecule has 0 aromatic rings. The molecule has 0 heteroatoms. The molecule has 0 saturated heterocycles. The van der Waals surface area contributed by atoms with Crippen molar-refractivity contribution in [1.29, 1.82) is 0 Å². The molecule has 1 atom stereocenters. The van der Waals surface area contributed by atoms with Crippen molar-refractivity contribution in [3.8, 4) is 0 Å². The summed E-state index contributed by atoms with van der Waals surface area (Å²) in [4.78, 5) is 0. The highest BCUT2D eigenvalue weighted by atomic mass is 14.2. The van der Waals surface area contributed by atoms with Crippen LogP contribution in [0.3, 0.4) is 0 Å². The van der Waals surface area contributed by atoms with Crippen LogP contribution >= 0.6 is 0 Å². The molecule has 1 aliphatic carbocycles. The fourth-order valence-corrected chi connectivity index (χ4v) is 1.50. The zero-order chi connectivity index (χ0) is 8.43. The molecule has 0 aromatic carbocycles. The molecule has 0 bridgehead atoms. The van der Waals surface area contributed by atoms with E-state index < -0.39 is 0 Å². The molecule has 1 rings (SSSR count). The maximum atomic E-state index is 4.00. The highest BCUT2D eigenvalue weighted by Gasteiger charge is 2.14. The predicted molar refractivity (Wildman–Crippen MR) is 50.4 cm³/mol. The second-order valence-electron chi connectivity index (χ2n) is 3.53. The summed E-state index contributed by atoms with van der Waals surface area (Å²) in [5, 5.41) is 0. The highest BCUT2D eigenvalue weighted by Crippen LogP contribution is 2.29. The van der Waals surface area contributed by atoms with Crippen molar-refractivity contribution >= 4 is 0 Å². The first-order chi connectivity index (χ1) is 5.11. The van der Waals surface area contributed by atoms with Crippen LogP contribution < -0.4 is 0 Å². The number of hydrogen-bond donors (Lipinski definition) is 0. The Kier molecular flexibility index (Phi) is 2.33. The summed E-state index contributed by atoms with van der Waals surface area (Å²) in [6.45, 7) is 10.5. The lowest BCUT2D eigenvalue weighted by Gasteiger charge is -2.21. The van der Waals surface area contributed by atoms with E-state index in [4.69, 9.17) is 0 Å². The summed E-state index contributed by atoms with van der Waals surface area (Å²) in [6.07, 6.45) is 5.57. The predicted octanol–water partition coefficient (Wildman–Crippen LogP) is 3.48. The van der Waals surface area contributed by atoms with Gasteiger partial charge in [-0.25, -0.2) is 0 Å². The third kappa shape index (κ3) is 1.83. The smallest absolute Gasteiger partial charge is 0.00390 e. The molecule has 0 amide bonds. The van der Waals surface area contributed by atoms with E-state index in [2.05, 4.69) is 39.5 Å². The van der Waals surface area contributed by atoms with Gasteiger partial charge in [-0.2, -0.15) is 0 Å². The minimum atomic E-state index is 0.597. The van der Waals surface area contributed by atoms with E-state index in [9.17, 15) is 0 Å². The quantitative estimate of drug-likeness (QED) is 0.499. The average molecular weight is 148 g/mol. The first kappa shape index (κ1) is 8.32. The standard InChI is InChI=1S/C11H16/c1-8(2)11-7-9(3)5-6-10(11)4/h5-6,11H,1,7H2,2-4H3. The molecule has 0 heterocycles. The molecule has 0 N–H and O–H groups in total. The van der Waals surface area contributed by atoms with E-state index in [1.54, 1.807) is 0 Å². The monoisotopic (exact) mass is 148 g/mol. The Morgan fingerprint density at radius 3 is 2.55 bits per heavy atom. The summed E-state index contributed by atoms with van der Waals surface area (Å²) in [7, 11) is 0. The van der Waals surface area contributed by atoms with Crippen LogP contribution in [-0.2, 0) is 0 Å². The van der Waals surface area contributed by atoms with Crippen molar-refractivity contribution in [3.63, 3.8) is 0 Å². The van der Waals surface area contributed by atoms with Gasteiger partial charge in [0.15, 0.2) is 0 Å². The van der Waals surface area contributed by atoms with Gasteiger partial charge in [0.25, 0.3) is 0 Å². The summed E-state index contributed by atoms with van der Waals surface area (Å²) in [6, 6.07) is 0. The fraction of sp³-hybridized carbons (Fsp3) is 0.455. The Labute approximate surface area is 69.3 Å². The Bertz CT molecular complexity index is 228. The van der Waals surface area contributed by atoms with Gasteiger partial charge in [0.1, 0.15) is 0 Å². The van der Waals surface area contributed by atoms with Crippen LogP contribution in [0.4, 0.5) is 0 Å².